The first-order valence-corrected chi connectivity index (χ1v) is 6.74. The van der Waals surface area contributed by atoms with E-state index in [1.54, 1.807) is 11.8 Å². The summed E-state index contributed by atoms with van der Waals surface area (Å²) in [7, 11) is 1.89. The number of benzene rings is 1. The highest BCUT2D eigenvalue weighted by atomic mass is 35.5. The lowest BCUT2D eigenvalue weighted by Crippen LogP contribution is -2.37. The molecule has 1 aromatic rings. The Hall–Kier alpha value is -0.710. The summed E-state index contributed by atoms with van der Waals surface area (Å²) in [5.41, 5.74) is 1.22. The molecule has 0 saturated heterocycles. The van der Waals surface area contributed by atoms with Gasteiger partial charge in [0, 0.05) is 17.5 Å². The van der Waals surface area contributed by atoms with E-state index in [1.165, 1.54) is 10.5 Å². The molecule has 1 amide bonds. The Bertz CT molecular complexity index is 374. The van der Waals surface area contributed by atoms with Gasteiger partial charge in [-0.3, -0.25) is 4.79 Å². The van der Waals surface area contributed by atoms with Crippen molar-refractivity contribution < 1.29 is 4.79 Å². The third kappa shape index (κ3) is 6.28. The van der Waals surface area contributed by atoms with Crippen LogP contribution >= 0.6 is 24.2 Å². The molecule has 2 N–H and O–H groups in total. The van der Waals surface area contributed by atoms with Crippen molar-refractivity contribution in [1.29, 1.82) is 0 Å². The van der Waals surface area contributed by atoms with Crippen molar-refractivity contribution in [3.05, 3.63) is 29.8 Å². The van der Waals surface area contributed by atoms with Gasteiger partial charge in [0.1, 0.15) is 0 Å². The van der Waals surface area contributed by atoms with E-state index in [9.17, 15) is 4.79 Å². The number of likely N-dealkylation sites (N-methyl/N-ethyl adjacent to an activating group) is 1. The number of amides is 1. The molecule has 0 spiro atoms. The van der Waals surface area contributed by atoms with Crippen LogP contribution in [0.25, 0.3) is 0 Å². The first kappa shape index (κ1) is 17.3. The van der Waals surface area contributed by atoms with Crippen LogP contribution in [-0.4, -0.2) is 31.3 Å². The average molecular weight is 289 g/mol. The molecule has 102 valence electrons. The Kier molecular flexibility index (Phi) is 8.89. The topological polar surface area (TPSA) is 41.1 Å². The average Bonchev–Trinajstić information content (AvgIpc) is 2.35. The minimum atomic E-state index is 0. The maximum atomic E-state index is 11.6. The number of aryl methyl sites for hydroxylation is 1. The molecule has 1 unspecified atom stereocenters. The number of carbonyl (C=O) groups excluding carboxylic acids is 1. The Labute approximate surface area is 120 Å². The fourth-order valence-electron chi connectivity index (χ4n) is 1.28. The van der Waals surface area contributed by atoms with Crippen LogP contribution in [-0.2, 0) is 4.79 Å². The van der Waals surface area contributed by atoms with E-state index >= 15 is 0 Å². The van der Waals surface area contributed by atoms with Crippen molar-refractivity contribution >= 4 is 30.1 Å². The van der Waals surface area contributed by atoms with Crippen molar-refractivity contribution in [1.82, 2.24) is 10.6 Å². The van der Waals surface area contributed by atoms with Gasteiger partial charge in [0.25, 0.3) is 0 Å². The number of halogens is 1. The first-order chi connectivity index (χ1) is 8.13. The van der Waals surface area contributed by atoms with Crippen LogP contribution in [0.5, 0.6) is 0 Å². The maximum absolute atomic E-state index is 11.6. The highest BCUT2D eigenvalue weighted by molar-refractivity contribution is 8.00. The summed E-state index contributed by atoms with van der Waals surface area (Å²) in [5.74, 6) is 0.557. The molecule has 1 rings (SSSR count). The molecule has 0 bridgehead atoms. The molecule has 1 atom stereocenters. The number of thioether (sulfide) groups is 1. The first-order valence-electron chi connectivity index (χ1n) is 5.76. The smallest absolute Gasteiger partial charge is 0.230 e. The van der Waals surface area contributed by atoms with Crippen molar-refractivity contribution in [3.63, 3.8) is 0 Å². The van der Waals surface area contributed by atoms with Crippen LogP contribution < -0.4 is 10.6 Å². The molecule has 0 aliphatic rings. The molecule has 3 nitrogen and oxygen atoms in total. The lowest BCUT2D eigenvalue weighted by Gasteiger charge is -2.11. The van der Waals surface area contributed by atoms with Crippen molar-refractivity contribution in [2.24, 2.45) is 0 Å². The van der Waals surface area contributed by atoms with Gasteiger partial charge in [-0.25, -0.2) is 0 Å². The summed E-state index contributed by atoms with van der Waals surface area (Å²) in [5, 5.41) is 5.98. The fraction of sp³-hybridized carbons (Fsp3) is 0.462. The van der Waals surface area contributed by atoms with E-state index in [-0.39, 0.29) is 18.3 Å². The minimum Gasteiger partial charge on any atom is -0.354 e. The van der Waals surface area contributed by atoms with Crippen LogP contribution in [0.3, 0.4) is 0 Å². The molecule has 1 aromatic carbocycles. The summed E-state index contributed by atoms with van der Waals surface area (Å²) in [6.07, 6.45) is 0. The van der Waals surface area contributed by atoms with E-state index < -0.39 is 0 Å². The fourth-order valence-corrected chi connectivity index (χ4v) is 2.14. The summed E-state index contributed by atoms with van der Waals surface area (Å²) in [4.78, 5) is 12.8. The Balaban J connectivity index is 0.00000289. The summed E-state index contributed by atoms with van der Waals surface area (Å²) in [6, 6.07) is 8.42. The van der Waals surface area contributed by atoms with Gasteiger partial charge in [-0.1, -0.05) is 18.2 Å². The van der Waals surface area contributed by atoms with E-state index in [4.69, 9.17) is 0 Å². The standard InChI is InChI=1S/C13H20N2OS.ClH/c1-10-6-4-5-7-12(10)17-9-13(16)15-8-11(2)14-3;/h4-7,11,14H,8-9H2,1-3H3,(H,15,16);1H. The SMILES string of the molecule is CNC(C)CNC(=O)CSc1ccccc1C.Cl. The molecule has 0 radical (unpaired) electrons. The van der Waals surface area contributed by atoms with Gasteiger partial charge in [0.05, 0.1) is 5.75 Å². The van der Waals surface area contributed by atoms with Crippen molar-refractivity contribution in [3.8, 4) is 0 Å². The molecule has 0 aromatic heterocycles. The summed E-state index contributed by atoms with van der Waals surface area (Å²) >= 11 is 1.58. The third-order valence-electron chi connectivity index (χ3n) is 2.55. The predicted molar refractivity (Wildman–Crippen MR) is 80.7 cm³/mol. The van der Waals surface area contributed by atoms with Gasteiger partial charge in [0.2, 0.25) is 5.91 Å². The van der Waals surface area contributed by atoms with E-state index in [1.807, 2.05) is 32.2 Å². The lowest BCUT2D eigenvalue weighted by molar-refractivity contribution is -0.118. The van der Waals surface area contributed by atoms with E-state index in [0.717, 1.165) is 0 Å². The second-order valence-corrected chi connectivity index (χ2v) is 5.07. The normalized spacial score (nSPS) is 11.5. The number of nitrogens with one attached hydrogen (secondary N) is 2. The Morgan fingerprint density at radius 1 is 1.39 bits per heavy atom. The van der Waals surface area contributed by atoms with E-state index in [0.29, 0.717) is 18.3 Å². The molecule has 0 heterocycles. The van der Waals surface area contributed by atoms with Gasteiger partial charge < -0.3 is 10.6 Å². The molecule has 0 aliphatic carbocycles. The number of rotatable bonds is 6. The Morgan fingerprint density at radius 3 is 2.67 bits per heavy atom. The van der Waals surface area contributed by atoms with Gasteiger partial charge in [-0.05, 0) is 32.5 Å². The molecule has 0 saturated carbocycles. The van der Waals surface area contributed by atoms with Crippen LogP contribution in [0, 0.1) is 6.92 Å². The lowest BCUT2D eigenvalue weighted by atomic mass is 10.2. The third-order valence-corrected chi connectivity index (χ3v) is 3.73. The van der Waals surface area contributed by atoms with Gasteiger partial charge in [-0.2, -0.15) is 0 Å². The zero-order chi connectivity index (χ0) is 12.7. The highest BCUT2D eigenvalue weighted by Gasteiger charge is 2.05. The largest absolute Gasteiger partial charge is 0.354 e. The summed E-state index contributed by atoms with van der Waals surface area (Å²) in [6.45, 7) is 4.77. The quantitative estimate of drug-likeness (QED) is 0.789. The van der Waals surface area contributed by atoms with Crippen LogP contribution in [0.4, 0.5) is 0 Å². The van der Waals surface area contributed by atoms with Gasteiger partial charge >= 0.3 is 0 Å². The molecular weight excluding hydrogens is 268 g/mol. The van der Waals surface area contributed by atoms with E-state index in [2.05, 4.69) is 23.6 Å². The van der Waals surface area contributed by atoms with Crippen LogP contribution in [0.2, 0.25) is 0 Å². The minimum absolute atomic E-state index is 0. The van der Waals surface area contributed by atoms with Gasteiger partial charge in [-0.15, -0.1) is 24.2 Å². The van der Waals surface area contributed by atoms with Crippen molar-refractivity contribution in [2.75, 3.05) is 19.3 Å². The molecular formula is C13H21ClN2OS. The predicted octanol–water partition coefficient (Wildman–Crippen LogP) is 2.23. The Morgan fingerprint density at radius 2 is 2.06 bits per heavy atom. The summed E-state index contributed by atoms with van der Waals surface area (Å²) < 4.78 is 0. The molecule has 18 heavy (non-hydrogen) atoms. The molecule has 0 fully saturated rings. The second-order valence-electron chi connectivity index (χ2n) is 4.05. The zero-order valence-corrected chi connectivity index (χ0v) is 12.7. The number of hydrogen-bond acceptors (Lipinski definition) is 3. The monoisotopic (exact) mass is 288 g/mol. The number of hydrogen-bond donors (Lipinski definition) is 2. The van der Waals surface area contributed by atoms with Crippen LogP contribution in [0.15, 0.2) is 29.2 Å². The zero-order valence-electron chi connectivity index (χ0n) is 11.0. The van der Waals surface area contributed by atoms with Crippen molar-refractivity contribution in [2.45, 2.75) is 24.8 Å². The number of carbonyl (C=O) groups is 1. The second kappa shape index (κ2) is 9.25. The maximum Gasteiger partial charge on any atom is 0.230 e. The molecule has 0 aliphatic heterocycles. The van der Waals surface area contributed by atoms with Gasteiger partial charge in [0.15, 0.2) is 0 Å². The molecule has 5 heteroatoms. The highest BCUT2D eigenvalue weighted by Crippen LogP contribution is 2.21. The van der Waals surface area contributed by atoms with Crippen LogP contribution in [0.1, 0.15) is 12.5 Å².